The highest BCUT2D eigenvalue weighted by Gasteiger charge is 2.23. The number of aryl methyl sites for hydroxylation is 1. The van der Waals surface area contributed by atoms with E-state index in [1.54, 1.807) is 24.3 Å². The van der Waals surface area contributed by atoms with Crippen LogP contribution in [0.15, 0.2) is 30.5 Å². The van der Waals surface area contributed by atoms with Crippen LogP contribution >= 0.6 is 0 Å². The van der Waals surface area contributed by atoms with Crippen molar-refractivity contribution in [3.63, 3.8) is 0 Å². The third kappa shape index (κ3) is 2.99. The number of ether oxygens (including phenoxy) is 1. The van der Waals surface area contributed by atoms with Gasteiger partial charge in [-0.05, 0) is 43.5 Å². The Balaban J connectivity index is 1.72. The first kappa shape index (κ1) is 13.9. The second-order valence-electron chi connectivity index (χ2n) is 5.16. The minimum atomic E-state index is -2.79. The molecule has 1 heterocycles. The van der Waals surface area contributed by atoms with Crippen LogP contribution in [0.3, 0.4) is 0 Å². The van der Waals surface area contributed by atoms with Crippen LogP contribution in [0.5, 0.6) is 5.75 Å². The second-order valence-corrected chi connectivity index (χ2v) is 5.16. The minimum absolute atomic E-state index is 0.168. The van der Waals surface area contributed by atoms with E-state index in [1.165, 1.54) is 11.3 Å². The van der Waals surface area contributed by atoms with Crippen LogP contribution in [0.25, 0.3) is 0 Å². The van der Waals surface area contributed by atoms with Gasteiger partial charge in [-0.1, -0.05) is 0 Å². The van der Waals surface area contributed by atoms with Crippen molar-refractivity contribution in [1.82, 2.24) is 9.78 Å². The maximum atomic E-state index is 12.1. The zero-order valence-electron chi connectivity index (χ0n) is 11.7. The molecule has 1 aromatic carbocycles. The normalized spacial score (nSPS) is 17.6. The van der Waals surface area contributed by atoms with Gasteiger partial charge >= 0.3 is 6.61 Å². The molecular formula is C15H17F2N3O. The van der Waals surface area contributed by atoms with Gasteiger partial charge in [0.25, 0.3) is 0 Å². The number of nitrogens with zero attached hydrogens (tertiary/aromatic N) is 2. The summed E-state index contributed by atoms with van der Waals surface area (Å²) >= 11 is 0. The fourth-order valence-electron chi connectivity index (χ4n) is 2.79. The summed E-state index contributed by atoms with van der Waals surface area (Å²) < 4.78 is 30.5. The summed E-state index contributed by atoms with van der Waals surface area (Å²) in [5.41, 5.74) is 3.37. The van der Waals surface area contributed by atoms with Gasteiger partial charge in [0.2, 0.25) is 0 Å². The summed E-state index contributed by atoms with van der Waals surface area (Å²) in [6.45, 7) is -2.79. The number of hydrogen-bond acceptors (Lipinski definition) is 3. The molecule has 1 unspecified atom stereocenters. The van der Waals surface area contributed by atoms with Gasteiger partial charge in [0.15, 0.2) is 0 Å². The van der Waals surface area contributed by atoms with Crippen molar-refractivity contribution in [1.29, 1.82) is 0 Å². The van der Waals surface area contributed by atoms with E-state index < -0.39 is 6.61 Å². The quantitative estimate of drug-likeness (QED) is 0.937. The summed E-state index contributed by atoms with van der Waals surface area (Å²) in [6, 6.07) is 6.80. The van der Waals surface area contributed by atoms with E-state index in [0.717, 1.165) is 24.9 Å². The molecular weight excluding hydrogens is 276 g/mol. The first-order chi connectivity index (χ1) is 10.1. The van der Waals surface area contributed by atoms with Crippen molar-refractivity contribution in [3.8, 4) is 5.75 Å². The van der Waals surface area contributed by atoms with Crippen molar-refractivity contribution in [2.24, 2.45) is 7.05 Å². The third-order valence-electron chi connectivity index (χ3n) is 3.80. The lowest BCUT2D eigenvalue weighted by atomic mass is 9.93. The molecule has 21 heavy (non-hydrogen) atoms. The van der Waals surface area contributed by atoms with Crippen LogP contribution < -0.4 is 10.1 Å². The van der Waals surface area contributed by atoms with E-state index in [9.17, 15) is 8.78 Å². The van der Waals surface area contributed by atoms with E-state index in [0.29, 0.717) is 0 Å². The molecule has 112 valence electrons. The van der Waals surface area contributed by atoms with E-state index in [-0.39, 0.29) is 11.8 Å². The Bertz CT molecular complexity index is 610. The Morgan fingerprint density at radius 2 is 2.10 bits per heavy atom. The molecule has 0 saturated carbocycles. The van der Waals surface area contributed by atoms with Crippen LogP contribution in [-0.4, -0.2) is 16.4 Å². The molecule has 0 aliphatic heterocycles. The van der Waals surface area contributed by atoms with Crippen LogP contribution in [0.4, 0.5) is 14.5 Å². The Morgan fingerprint density at radius 1 is 1.33 bits per heavy atom. The topological polar surface area (TPSA) is 39.1 Å². The Labute approximate surface area is 121 Å². The lowest BCUT2D eigenvalue weighted by Gasteiger charge is -2.24. The average Bonchev–Trinajstić information content (AvgIpc) is 2.83. The highest BCUT2D eigenvalue weighted by Crippen LogP contribution is 2.32. The Hall–Kier alpha value is -2.11. The molecule has 1 aliphatic carbocycles. The first-order valence-corrected chi connectivity index (χ1v) is 6.95. The summed E-state index contributed by atoms with van der Waals surface area (Å²) in [6.07, 6.45) is 5.09. The molecule has 0 bridgehead atoms. The number of anilines is 1. The lowest BCUT2D eigenvalue weighted by Crippen LogP contribution is -2.17. The Morgan fingerprint density at radius 3 is 2.81 bits per heavy atom. The number of halogens is 2. The lowest BCUT2D eigenvalue weighted by molar-refractivity contribution is -0.0498. The van der Waals surface area contributed by atoms with Crippen molar-refractivity contribution in [2.75, 3.05) is 5.32 Å². The number of nitrogens with one attached hydrogen (secondary N) is 1. The molecule has 1 aromatic heterocycles. The van der Waals surface area contributed by atoms with E-state index in [2.05, 4.69) is 15.2 Å². The molecule has 1 N–H and O–H groups in total. The van der Waals surface area contributed by atoms with Gasteiger partial charge in [0.1, 0.15) is 5.75 Å². The van der Waals surface area contributed by atoms with Gasteiger partial charge in [0, 0.05) is 24.0 Å². The zero-order valence-corrected chi connectivity index (χ0v) is 11.7. The summed E-state index contributed by atoms with van der Waals surface area (Å²) in [5, 5.41) is 7.74. The molecule has 0 radical (unpaired) electrons. The van der Waals surface area contributed by atoms with E-state index >= 15 is 0 Å². The number of aromatic nitrogens is 2. The number of benzene rings is 1. The molecule has 4 nitrogen and oxygen atoms in total. The van der Waals surface area contributed by atoms with Crippen LogP contribution in [0.2, 0.25) is 0 Å². The molecule has 0 fully saturated rings. The monoisotopic (exact) mass is 293 g/mol. The SMILES string of the molecule is Cn1ncc2c1CCCC2Nc1ccc(OC(F)F)cc1. The molecule has 0 saturated heterocycles. The number of hydrogen-bond donors (Lipinski definition) is 1. The maximum Gasteiger partial charge on any atom is 0.387 e. The van der Waals surface area contributed by atoms with Crippen LogP contribution in [-0.2, 0) is 13.5 Å². The van der Waals surface area contributed by atoms with E-state index in [1.807, 2.05) is 17.9 Å². The van der Waals surface area contributed by atoms with Crippen LogP contribution in [0, 0.1) is 0 Å². The predicted octanol–water partition coefficient (Wildman–Crippen LogP) is 3.51. The van der Waals surface area contributed by atoms with Crippen molar-refractivity contribution in [3.05, 3.63) is 41.7 Å². The molecule has 0 amide bonds. The number of fused-ring (bicyclic) bond motifs is 1. The summed E-state index contributed by atoms with van der Waals surface area (Å²) in [5.74, 6) is 0.168. The molecule has 6 heteroatoms. The fourth-order valence-corrected chi connectivity index (χ4v) is 2.79. The van der Waals surface area contributed by atoms with Crippen molar-refractivity contribution >= 4 is 5.69 Å². The summed E-state index contributed by atoms with van der Waals surface area (Å²) in [4.78, 5) is 0. The van der Waals surface area contributed by atoms with Crippen LogP contribution in [0.1, 0.15) is 30.1 Å². The van der Waals surface area contributed by atoms with E-state index in [4.69, 9.17) is 0 Å². The van der Waals surface area contributed by atoms with Crippen molar-refractivity contribution < 1.29 is 13.5 Å². The fraction of sp³-hybridized carbons (Fsp3) is 0.400. The highest BCUT2D eigenvalue weighted by atomic mass is 19.3. The first-order valence-electron chi connectivity index (χ1n) is 6.95. The smallest absolute Gasteiger partial charge is 0.387 e. The minimum Gasteiger partial charge on any atom is -0.435 e. The third-order valence-corrected chi connectivity index (χ3v) is 3.80. The number of alkyl halides is 2. The van der Waals surface area contributed by atoms with Gasteiger partial charge in [-0.2, -0.15) is 13.9 Å². The molecule has 2 aromatic rings. The average molecular weight is 293 g/mol. The number of rotatable bonds is 4. The molecule has 1 atom stereocenters. The summed E-state index contributed by atoms with van der Waals surface area (Å²) in [7, 11) is 1.96. The van der Waals surface area contributed by atoms with Gasteiger partial charge < -0.3 is 10.1 Å². The largest absolute Gasteiger partial charge is 0.435 e. The predicted molar refractivity (Wildman–Crippen MR) is 75.6 cm³/mol. The zero-order chi connectivity index (χ0) is 14.8. The van der Waals surface area contributed by atoms with Crippen molar-refractivity contribution in [2.45, 2.75) is 31.9 Å². The van der Waals surface area contributed by atoms with Gasteiger partial charge in [0.05, 0.1) is 12.2 Å². The molecule has 3 rings (SSSR count). The molecule has 1 aliphatic rings. The second kappa shape index (κ2) is 5.71. The maximum absolute atomic E-state index is 12.1. The van der Waals surface area contributed by atoms with Gasteiger partial charge in [-0.25, -0.2) is 0 Å². The Kier molecular flexibility index (Phi) is 3.77. The molecule has 0 spiro atoms. The van der Waals surface area contributed by atoms with Gasteiger partial charge in [-0.3, -0.25) is 4.68 Å². The van der Waals surface area contributed by atoms with Gasteiger partial charge in [-0.15, -0.1) is 0 Å². The highest BCUT2D eigenvalue weighted by molar-refractivity contribution is 5.49. The standard InChI is InChI=1S/C15H17F2N3O/c1-20-14-4-2-3-13(12(14)9-18-20)19-10-5-7-11(8-6-10)21-15(16)17/h5-9,13,15,19H,2-4H2,1H3.